The van der Waals surface area contributed by atoms with Crippen molar-refractivity contribution >= 4 is 5.97 Å². The third-order valence-corrected chi connectivity index (χ3v) is 1.45. The molecule has 0 saturated carbocycles. The van der Waals surface area contributed by atoms with Crippen molar-refractivity contribution < 1.29 is 9.90 Å². The highest BCUT2D eigenvalue weighted by Gasteiger charge is 2.07. The molecule has 0 heterocycles. The minimum absolute atomic E-state index is 0.361. The van der Waals surface area contributed by atoms with E-state index in [4.69, 9.17) is 5.11 Å². The molecule has 0 aliphatic carbocycles. The zero-order valence-electron chi connectivity index (χ0n) is 8.16. The number of rotatable bonds is 5. The van der Waals surface area contributed by atoms with Crippen molar-refractivity contribution in [3.63, 3.8) is 0 Å². The van der Waals surface area contributed by atoms with Gasteiger partial charge in [0, 0.05) is 5.57 Å². The van der Waals surface area contributed by atoms with Gasteiger partial charge >= 0.3 is 5.97 Å². The first kappa shape index (κ1) is 11.7. The highest BCUT2D eigenvalue weighted by molar-refractivity contribution is 5.86. The highest BCUT2D eigenvalue weighted by atomic mass is 16.4. The zero-order valence-corrected chi connectivity index (χ0v) is 8.16. The van der Waals surface area contributed by atoms with Crippen molar-refractivity contribution in [3.8, 4) is 0 Å². The van der Waals surface area contributed by atoms with Crippen LogP contribution < -0.4 is 0 Å². The molecule has 0 rings (SSSR count). The van der Waals surface area contributed by atoms with Crippen LogP contribution in [0.25, 0.3) is 0 Å². The molecule has 0 aliphatic heterocycles. The number of carbonyl (C=O) groups is 1. The Balaban J connectivity index is 4.40. The molecule has 72 valence electrons. The molecule has 0 amide bonds. The summed E-state index contributed by atoms with van der Waals surface area (Å²) in [7, 11) is 0. The number of carboxylic acids is 1. The van der Waals surface area contributed by atoms with Gasteiger partial charge in [-0.3, -0.25) is 0 Å². The van der Waals surface area contributed by atoms with Crippen molar-refractivity contribution in [2.24, 2.45) is 5.92 Å². The fraction of sp³-hybridized carbons (Fsp3) is 0.364. The van der Waals surface area contributed by atoms with E-state index >= 15 is 0 Å². The molecule has 0 radical (unpaired) electrons. The highest BCUT2D eigenvalue weighted by Crippen LogP contribution is 2.10. The maximum atomic E-state index is 10.7. The van der Waals surface area contributed by atoms with Crippen LogP contribution in [0.3, 0.4) is 0 Å². The smallest absolute Gasteiger partial charge is 0.331 e. The second kappa shape index (κ2) is 6.23. The lowest BCUT2D eigenvalue weighted by Gasteiger charge is -2.03. The average molecular weight is 180 g/mol. The normalized spacial score (nSPS) is 12.4. The minimum Gasteiger partial charge on any atom is -0.478 e. The van der Waals surface area contributed by atoms with E-state index in [1.165, 1.54) is 0 Å². The first-order valence-electron chi connectivity index (χ1n) is 4.29. The molecule has 0 bridgehead atoms. The van der Waals surface area contributed by atoms with Crippen LogP contribution in [-0.4, -0.2) is 11.1 Å². The monoisotopic (exact) mass is 180 g/mol. The Morgan fingerprint density at radius 2 is 2.08 bits per heavy atom. The molecule has 13 heavy (non-hydrogen) atoms. The van der Waals surface area contributed by atoms with E-state index in [1.807, 2.05) is 13.8 Å². The maximum Gasteiger partial charge on any atom is 0.331 e. The quantitative estimate of drug-likeness (QED) is 0.521. The van der Waals surface area contributed by atoms with Gasteiger partial charge < -0.3 is 5.11 Å². The molecule has 0 spiro atoms. The van der Waals surface area contributed by atoms with Gasteiger partial charge in [0.2, 0.25) is 0 Å². The fourth-order valence-corrected chi connectivity index (χ4v) is 0.917. The number of allylic oxidation sites excluding steroid dienone is 4. The summed E-state index contributed by atoms with van der Waals surface area (Å²) in [5.74, 6) is -0.484. The van der Waals surface area contributed by atoms with Crippen LogP contribution in [0.4, 0.5) is 0 Å². The van der Waals surface area contributed by atoms with Gasteiger partial charge in [-0.25, -0.2) is 4.79 Å². The van der Waals surface area contributed by atoms with Gasteiger partial charge in [-0.2, -0.15) is 0 Å². The molecular weight excluding hydrogens is 164 g/mol. The molecular formula is C11H16O2. The van der Waals surface area contributed by atoms with Gasteiger partial charge in [0.1, 0.15) is 0 Å². The van der Waals surface area contributed by atoms with Gasteiger partial charge in [0.25, 0.3) is 0 Å². The summed E-state index contributed by atoms with van der Waals surface area (Å²) in [6.45, 7) is 7.49. The Hall–Kier alpha value is -1.31. The SMILES string of the molecule is C=CC=CC=C(CC(C)C)C(=O)O. The average Bonchev–Trinajstić information content (AvgIpc) is 2.02. The van der Waals surface area contributed by atoms with Gasteiger partial charge in [-0.1, -0.05) is 44.7 Å². The van der Waals surface area contributed by atoms with E-state index in [-0.39, 0.29) is 0 Å². The lowest BCUT2D eigenvalue weighted by Crippen LogP contribution is -2.03. The molecule has 0 aliphatic rings. The van der Waals surface area contributed by atoms with Crippen molar-refractivity contribution in [3.05, 3.63) is 36.5 Å². The van der Waals surface area contributed by atoms with Crippen molar-refractivity contribution in [2.75, 3.05) is 0 Å². The zero-order chi connectivity index (χ0) is 10.3. The van der Waals surface area contributed by atoms with E-state index in [9.17, 15) is 4.79 Å². The van der Waals surface area contributed by atoms with Gasteiger partial charge in [-0.15, -0.1) is 0 Å². The van der Waals surface area contributed by atoms with Gasteiger partial charge in [0.15, 0.2) is 0 Å². The summed E-state index contributed by atoms with van der Waals surface area (Å²) < 4.78 is 0. The van der Waals surface area contributed by atoms with E-state index < -0.39 is 5.97 Å². The van der Waals surface area contributed by atoms with Crippen LogP contribution in [0.15, 0.2) is 36.5 Å². The lowest BCUT2D eigenvalue weighted by molar-refractivity contribution is -0.132. The topological polar surface area (TPSA) is 37.3 Å². The number of hydrogen-bond acceptors (Lipinski definition) is 1. The van der Waals surface area contributed by atoms with Gasteiger partial charge in [0.05, 0.1) is 0 Å². The molecule has 0 atom stereocenters. The van der Waals surface area contributed by atoms with Crippen LogP contribution in [0, 0.1) is 5.92 Å². The van der Waals surface area contributed by atoms with E-state index in [2.05, 4.69) is 6.58 Å². The van der Waals surface area contributed by atoms with Crippen molar-refractivity contribution in [1.29, 1.82) is 0 Å². The molecule has 0 fully saturated rings. The van der Waals surface area contributed by atoms with Gasteiger partial charge in [-0.05, 0) is 12.3 Å². The Morgan fingerprint density at radius 1 is 1.46 bits per heavy atom. The van der Waals surface area contributed by atoms with Crippen LogP contribution in [0.1, 0.15) is 20.3 Å². The van der Waals surface area contributed by atoms with Crippen LogP contribution in [0.2, 0.25) is 0 Å². The van der Waals surface area contributed by atoms with Crippen molar-refractivity contribution in [2.45, 2.75) is 20.3 Å². The molecule has 0 aromatic rings. The molecule has 0 unspecified atom stereocenters. The van der Waals surface area contributed by atoms with Crippen LogP contribution >= 0.6 is 0 Å². The summed E-state index contributed by atoms with van der Waals surface area (Å²) in [4.78, 5) is 10.7. The van der Waals surface area contributed by atoms with Crippen LogP contribution in [-0.2, 0) is 4.79 Å². The predicted octanol–water partition coefficient (Wildman–Crippen LogP) is 2.79. The molecule has 0 aromatic heterocycles. The number of carboxylic acid groups (broad SMARTS) is 1. The summed E-state index contributed by atoms with van der Waals surface area (Å²) in [5.41, 5.74) is 0.438. The third-order valence-electron chi connectivity index (χ3n) is 1.45. The maximum absolute atomic E-state index is 10.7. The summed E-state index contributed by atoms with van der Waals surface area (Å²) in [6.07, 6.45) is 7.23. The molecule has 0 aromatic carbocycles. The molecule has 2 heteroatoms. The minimum atomic E-state index is -0.845. The first-order valence-corrected chi connectivity index (χ1v) is 4.29. The van der Waals surface area contributed by atoms with E-state index in [0.29, 0.717) is 17.9 Å². The lowest BCUT2D eigenvalue weighted by atomic mass is 10.0. The Morgan fingerprint density at radius 3 is 2.46 bits per heavy atom. The molecule has 1 N–H and O–H groups in total. The predicted molar refractivity (Wildman–Crippen MR) is 54.5 cm³/mol. The first-order chi connectivity index (χ1) is 6.07. The second-order valence-electron chi connectivity index (χ2n) is 3.22. The molecule has 0 saturated heterocycles. The Labute approximate surface area is 79.3 Å². The Bertz CT molecular complexity index is 234. The Kier molecular flexibility index (Phi) is 5.60. The molecule has 2 nitrogen and oxygen atoms in total. The largest absolute Gasteiger partial charge is 0.478 e. The van der Waals surface area contributed by atoms with Crippen LogP contribution in [0.5, 0.6) is 0 Å². The summed E-state index contributed by atoms with van der Waals surface area (Å²) >= 11 is 0. The summed E-state index contributed by atoms with van der Waals surface area (Å²) in [5, 5.41) is 8.79. The van der Waals surface area contributed by atoms with E-state index in [1.54, 1.807) is 24.3 Å². The van der Waals surface area contributed by atoms with E-state index in [0.717, 1.165) is 0 Å². The number of hydrogen-bond donors (Lipinski definition) is 1. The fourth-order valence-electron chi connectivity index (χ4n) is 0.917. The second-order valence-corrected chi connectivity index (χ2v) is 3.22. The number of aliphatic carboxylic acids is 1. The standard InChI is InChI=1S/C11H16O2/c1-4-5-6-7-10(11(12)13)8-9(2)3/h4-7,9H,1,8H2,2-3H3,(H,12,13). The summed E-state index contributed by atoms with van der Waals surface area (Å²) in [6, 6.07) is 0. The third kappa shape index (κ3) is 5.91. The van der Waals surface area contributed by atoms with Crippen molar-refractivity contribution in [1.82, 2.24) is 0 Å².